The molecule has 0 aliphatic carbocycles. The predicted molar refractivity (Wildman–Crippen MR) is 61.7 cm³/mol. The summed E-state index contributed by atoms with van der Waals surface area (Å²) < 4.78 is 5.10. The molecule has 15 heavy (non-hydrogen) atoms. The largest absolute Gasteiger partial charge is 0.497 e. The molecule has 82 valence electrons. The van der Waals surface area contributed by atoms with Crippen LogP contribution in [0, 0.1) is 0 Å². The molecule has 1 aromatic rings. The Hall–Kier alpha value is -1.36. The van der Waals surface area contributed by atoms with Gasteiger partial charge >= 0.3 is 0 Å². The van der Waals surface area contributed by atoms with Gasteiger partial charge in [-0.3, -0.25) is 0 Å². The number of nitrogens with zero attached hydrogens (tertiary/aromatic N) is 1. The normalized spacial score (nSPS) is 13.6. The van der Waals surface area contributed by atoms with Crippen molar-refractivity contribution in [1.29, 1.82) is 0 Å². The van der Waals surface area contributed by atoms with E-state index in [9.17, 15) is 0 Å². The van der Waals surface area contributed by atoms with Gasteiger partial charge in [0, 0.05) is 4.90 Å². The number of rotatable bonds is 4. The van der Waals surface area contributed by atoms with Gasteiger partial charge in [0.1, 0.15) is 5.75 Å². The number of oxime groups is 1. The molecule has 1 aromatic carbocycles. The SMILES string of the molecule is COc1cccc(SC(C)C(N)=NO)c1. The molecule has 0 saturated heterocycles. The third-order valence-corrected chi connectivity index (χ3v) is 3.01. The first-order valence-corrected chi connectivity index (χ1v) is 5.33. The average Bonchev–Trinajstić information content (AvgIpc) is 2.28. The summed E-state index contributed by atoms with van der Waals surface area (Å²) >= 11 is 1.51. The zero-order valence-electron chi connectivity index (χ0n) is 8.68. The Morgan fingerprint density at radius 3 is 2.93 bits per heavy atom. The molecule has 0 amide bonds. The third kappa shape index (κ3) is 3.36. The first-order chi connectivity index (χ1) is 7.17. The van der Waals surface area contributed by atoms with Crippen molar-refractivity contribution in [3.05, 3.63) is 24.3 Å². The monoisotopic (exact) mass is 226 g/mol. The van der Waals surface area contributed by atoms with Crippen molar-refractivity contribution in [1.82, 2.24) is 0 Å². The van der Waals surface area contributed by atoms with Crippen molar-refractivity contribution in [2.24, 2.45) is 10.9 Å². The van der Waals surface area contributed by atoms with E-state index in [0.717, 1.165) is 10.6 Å². The van der Waals surface area contributed by atoms with Gasteiger partial charge in [-0.05, 0) is 25.1 Å². The third-order valence-electron chi connectivity index (χ3n) is 1.89. The highest BCUT2D eigenvalue weighted by Crippen LogP contribution is 2.26. The highest BCUT2D eigenvalue weighted by atomic mass is 32.2. The van der Waals surface area contributed by atoms with Crippen molar-refractivity contribution in [3.63, 3.8) is 0 Å². The minimum Gasteiger partial charge on any atom is -0.497 e. The lowest BCUT2D eigenvalue weighted by Crippen LogP contribution is -2.23. The molecule has 1 unspecified atom stereocenters. The molecule has 0 spiro atoms. The van der Waals surface area contributed by atoms with E-state index >= 15 is 0 Å². The molecule has 1 atom stereocenters. The molecule has 0 bridgehead atoms. The van der Waals surface area contributed by atoms with Crippen LogP contribution in [0.3, 0.4) is 0 Å². The van der Waals surface area contributed by atoms with Crippen LogP contribution in [0.25, 0.3) is 0 Å². The van der Waals surface area contributed by atoms with Gasteiger partial charge in [-0.15, -0.1) is 11.8 Å². The van der Waals surface area contributed by atoms with Crippen LogP contribution >= 0.6 is 11.8 Å². The fourth-order valence-corrected chi connectivity index (χ4v) is 1.94. The molecule has 0 saturated carbocycles. The standard InChI is InChI=1S/C10H14N2O2S/c1-7(10(11)12-13)15-9-5-3-4-8(6-9)14-2/h3-7,13H,1-2H3,(H2,11,12). The van der Waals surface area contributed by atoms with E-state index in [1.807, 2.05) is 31.2 Å². The van der Waals surface area contributed by atoms with Gasteiger partial charge in [-0.2, -0.15) is 0 Å². The van der Waals surface area contributed by atoms with Gasteiger partial charge in [0.25, 0.3) is 0 Å². The minimum absolute atomic E-state index is 0.0675. The van der Waals surface area contributed by atoms with Gasteiger partial charge in [0.15, 0.2) is 5.84 Å². The van der Waals surface area contributed by atoms with Crippen LogP contribution in [0.5, 0.6) is 5.75 Å². The van der Waals surface area contributed by atoms with Gasteiger partial charge < -0.3 is 15.7 Å². The number of hydrogen-bond acceptors (Lipinski definition) is 4. The van der Waals surface area contributed by atoms with Crippen LogP contribution in [-0.2, 0) is 0 Å². The molecule has 4 nitrogen and oxygen atoms in total. The maximum atomic E-state index is 8.51. The Labute approximate surface area is 93.1 Å². The van der Waals surface area contributed by atoms with Gasteiger partial charge in [-0.1, -0.05) is 11.2 Å². The molecule has 0 aromatic heterocycles. The Kier molecular flexibility index (Phi) is 4.30. The summed E-state index contributed by atoms with van der Waals surface area (Å²) in [5.41, 5.74) is 5.48. The summed E-state index contributed by atoms with van der Waals surface area (Å²) in [5.74, 6) is 1.01. The number of methoxy groups -OCH3 is 1. The number of ether oxygens (including phenoxy) is 1. The zero-order valence-corrected chi connectivity index (χ0v) is 9.49. The fourth-order valence-electron chi connectivity index (χ4n) is 1.02. The lowest BCUT2D eigenvalue weighted by Gasteiger charge is -2.09. The van der Waals surface area contributed by atoms with E-state index in [4.69, 9.17) is 15.7 Å². The smallest absolute Gasteiger partial charge is 0.152 e. The van der Waals surface area contributed by atoms with E-state index in [1.54, 1.807) is 7.11 Å². The Morgan fingerprint density at radius 2 is 2.33 bits per heavy atom. The summed E-state index contributed by atoms with van der Waals surface area (Å²) in [4.78, 5) is 1.02. The summed E-state index contributed by atoms with van der Waals surface area (Å²) in [6, 6.07) is 7.64. The van der Waals surface area contributed by atoms with Gasteiger partial charge in [-0.25, -0.2) is 0 Å². The number of hydrogen-bond donors (Lipinski definition) is 2. The van der Waals surface area contributed by atoms with Crippen LogP contribution in [0.2, 0.25) is 0 Å². The van der Waals surface area contributed by atoms with Crippen molar-refractivity contribution in [2.75, 3.05) is 7.11 Å². The maximum Gasteiger partial charge on any atom is 0.152 e. The van der Waals surface area contributed by atoms with Crippen LogP contribution < -0.4 is 10.5 Å². The summed E-state index contributed by atoms with van der Waals surface area (Å²) in [6.45, 7) is 1.87. The molecule has 5 heteroatoms. The number of benzene rings is 1. The quantitative estimate of drug-likeness (QED) is 0.270. The molecular weight excluding hydrogens is 212 g/mol. The minimum atomic E-state index is -0.0675. The molecule has 0 aliphatic heterocycles. The summed E-state index contributed by atoms with van der Waals surface area (Å²) in [5, 5.41) is 11.4. The van der Waals surface area contributed by atoms with E-state index in [1.165, 1.54) is 11.8 Å². The maximum absolute atomic E-state index is 8.51. The lowest BCUT2D eigenvalue weighted by molar-refractivity contribution is 0.317. The van der Waals surface area contributed by atoms with Crippen LogP contribution in [-0.4, -0.2) is 23.4 Å². The predicted octanol–water partition coefficient (Wildman–Crippen LogP) is 1.92. The topological polar surface area (TPSA) is 67.8 Å². The molecule has 0 fully saturated rings. The van der Waals surface area contributed by atoms with Gasteiger partial charge in [0.2, 0.25) is 0 Å². The molecule has 0 heterocycles. The molecule has 1 rings (SSSR count). The van der Waals surface area contributed by atoms with Crippen molar-refractivity contribution in [3.8, 4) is 5.75 Å². The molecular formula is C10H14N2O2S. The van der Waals surface area contributed by atoms with Crippen molar-refractivity contribution < 1.29 is 9.94 Å². The second kappa shape index (κ2) is 5.50. The van der Waals surface area contributed by atoms with E-state index in [0.29, 0.717) is 0 Å². The highest BCUT2D eigenvalue weighted by molar-refractivity contribution is 8.00. The van der Waals surface area contributed by atoms with Crippen LogP contribution in [0.4, 0.5) is 0 Å². The zero-order chi connectivity index (χ0) is 11.3. The first-order valence-electron chi connectivity index (χ1n) is 4.45. The van der Waals surface area contributed by atoms with Crippen LogP contribution in [0.15, 0.2) is 34.3 Å². The summed E-state index contributed by atoms with van der Waals surface area (Å²) in [6.07, 6.45) is 0. The summed E-state index contributed by atoms with van der Waals surface area (Å²) in [7, 11) is 1.62. The molecule has 0 radical (unpaired) electrons. The van der Waals surface area contributed by atoms with E-state index in [2.05, 4.69) is 5.16 Å². The average molecular weight is 226 g/mol. The van der Waals surface area contributed by atoms with E-state index < -0.39 is 0 Å². The lowest BCUT2D eigenvalue weighted by atomic mass is 10.3. The van der Waals surface area contributed by atoms with Crippen molar-refractivity contribution in [2.45, 2.75) is 17.1 Å². The second-order valence-corrected chi connectivity index (χ2v) is 4.38. The number of nitrogens with two attached hydrogens (primary N) is 1. The van der Waals surface area contributed by atoms with Crippen molar-refractivity contribution >= 4 is 17.6 Å². The highest BCUT2D eigenvalue weighted by Gasteiger charge is 2.09. The van der Waals surface area contributed by atoms with E-state index in [-0.39, 0.29) is 11.1 Å². The molecule has 0 aliphatic rings. The Balaban J connectivity index is 2.72. The fraction of sp³-hybridized carbons (Fsp3) is 0.300. The Bertz CT molecular complexity index is 355. The first kappa shape index (κ1) is 11.7. The Morgan fingerprint density at radius 1 is 1.60 bits per heavy atom. The molecule has 3 N–H and O–H groups in total. The second-order valence-electron chi connectivity index (χ2n) is 2.96. The number of amidine groups is 1. The number of thioether (sulfide) groups is 1. The van der Waals surface area contributed by atoms with Crippen LogP contribution in [0.1, 0.15) is 6.92 Å². The van der Waals surface area contributed by atoms with Gasteiger partial charge in [0.05, 0.1) is 12.4 Å².